The number of benzene rings is 2. The van der Waals surface area contributed by atoms with Gasteiger partial charge < -0.3 is 10.6 Å². The molecule has 0 spiro atoms. The highest BCUT2D eigenvalue weighted by Crippen LogP contribution is 2.19. The van der Waals surface area contributed by atoms with Gasteiger partial charge in [0.1, 0.15) is 5.01 Å². The van der Waals surface area contributed by atoms with Crippen LogP contribution in [0.2, 0.25) is 0 Å². The molecule has 0 amide bonds. The summed E-state index contributed by atoms with van der Waals surface area (Å²) in [7, 11) is 0. The maximum absolute atomic E-state index is 5.65. The number of anilines is 2. The molecule has 0 fully saturated rings. The Morgan fingerprint density at radius 1 is 0.909 bits per heavy atom. The largest absolute Gasteiger partial charge is 0.374 e. The summed E-state index contributed by atoms with van der Waals surface area (Å²) in [6, 6.07) is 20.9. The first-order chi connectivity index (χ1) is 10.8. The highest BCUT2D eigenvalue weighted by Gasteiger charge is 2.09. The molecule has 0 saturated carbocycles. The van der Waals surface area contributed by atoms with E-state index in [9.17, 15) is 0 Å². The highest BCUT2D eigenvalue weighted by molar-refractivity contribution is 7.15. The quantitative estimate of drug-likeness (QED) is 0.758. The van der Waals surface area contributed by atoms with E-state index in [-0.39, 0.29) is 0 Å². The van der Waals surface area contributed by atoms with Crippen LogP contribution in [-0.4, -0.2) is 16.7 Å². The third-order valence-corrected chi connectivity index (χ3v) is 4.23. The lowest BCUT2D eigenvalue weighted by Crippen LogP contribution is -2.25. The summed E-state index contributed by atoms with van der Waals surface area (Å²) in [6.45, 7) is 1.76. The fourth-order valence-electron chi connectivity index (χ4n) is 2.34. The van der Waals surface area contributed by atoms with E-state index in [4.69, 9.17) is 5.73 Å². The van der Waals surface area contributed by atoms with Crippen molar-refractivity contribution >= 4 is 22.2 Å². The maximum atomic E-state index is 5.65. The van der Waals surface area contributed by atoms with Crippen molar-refractivity contribution in [2.45, 2.75) is 13.0 Å². The Hall–Kier alpha value is -2.40. The van der Waals surface area contributed by atoms with Crippen molar-refractivity contribution in [1.29, 1.82) is 0 Å². The van der Waals surface area contributed by atoms with Gasteiger partial charge in [0.2, 0.25) is 5.13 Å². The van der Waals surface area contributed by atoms with Gasteiger partial charge in [0, 0.05) is 25.2 Å². The molecule has 0 radical (unpaired) electrons. The third kappa shape index (κ3) is 3.83. The van der Waals surface area contributed by atoms with Crippen LogP contribution in [0.15, 0.2) is 60.7 Å². The number of nitrogens with two attached hydrogens (primary N) is 1. The van der Waals surface area contributed by atoms with Gasteiger partial charge in [-0.1, -0.05) is 59.9 Å². The second kappa shape index (κ2) is 7.04. The smallest absolute Gasteiger partial charge is 0.203 e. The van der Waals surface area contributed by atoms with Crippen LogP contribution < -0.4 is 10.6 Å². The summed E-state index contributed by atoms with van der Waals surface area (Å²) in [4.78, 5) is 2.35. The summed E-state index contributed by atoms with van der Waals surface area (Å²) in [6.07, 6.45) is 0.844. The molecule has 0 aliphatic carbocycles. The lowest BCUT2D eigenvalue weighted by molar-refractivity contribution is 0.773. The first-order valence-corrected chi connectivity index (χ1v) is 8.05. The normalized spacial score (nSPS) is 10.5. The number of para-hydroxylation sites is 1. The Kier molecular flexibility index (Phi) is 4.65. The topological polar surface area (TPSA) is 55.0 Å². The van der Waals surface area contributed by atoms with Gasteiger partial charge in [0.15, 0.2) is 0 Å². The number of rotatable bonds is 6. The van der Waals surface area contributed by atoms with Crippen LogP contribution in [0.3, 0.4) is 0 Å². The molecule has 1 heterocycles. The van der Waals surface area contributed by atoms with Crippen LogP contribution in [0.25, 0.3) is 0 Å². The molecule has 4 nitrogen and oxygen atoms in total. The van der Waals surface area contributed by atoms with Gasteiger partial charge in [0.05, 0.1) is 0 Å². The summed E-state index contributed by atoms with van der Waals surface area (Å²) in [5.41, 5.74) is 8.16. The van der Waals surface area contributed by atoms with Crippen molar-refractivity contribution in [3.05, 3.63) is 71.2 Å². The average molecular weight is 310 g/mol. The van der Waals surface area contributed by atoms with E-state index in [1.54, 1.807) is 0 Å². The molecule has 0 bridgehead atoms. The van der Waals surface area contributed by atoms with Crippen molar-refractivity contribution in [3.8, 4) is 0 Å². The van der Waals surface area contributed by atoms with Gasteiger partial charge in [-0.3, -0.25) is 0 Å². The van der Waals surface area contributed by atoms with E-state index in [0.717, 1.165) is 24.5 Å². The Morgan fingerprint density at radius 3 is 2.23 bits per heavy atom. The van der Waals surface area contributed by atoms with Gasteiger partial charge in [-0.25, -0.2) is 0 Å². The number of nitrogens with zero attached hydrogens (tertiary/aromatic N) is 3. The van der Waals surface area contributed by atoms with Crippen LogP contribution >= 0.6 is 11.3 Å². The number of hydrogen-bond donors (Lipinski definition) is 1. The minimum Gasteiger partial charge on any atom is -0.374 e. The second-order valence-corrected chi connectivity index (χ2v) is 6.12. The van der Waals surface area contributed by atoms with Gasteiger partial charge in [-0.2, -0.15) is 0 Å². The van der Waals surface area contributed by atoms with Crippen molar-refractivity contribution in [3.63, 3.8) is 0 Å². The van der Waals surface area contributed by atoms with E-state index in [2.05, 4.69) is 63.6 Å². The molecule has 112 valence electrons. The first-order valence-electron chi connectivity index (χ1n) is 7.23. The minimum atomic E-state index is 0.532. The molecule has 5 heteroatoms. The van der Waals surface area contributed by atoms with E-state index < -0.39 is 0 Å². The number of aromatic nitrogens is 2. The molecule has 0 unspecified atom stereocenters. The van der Waals surface area contributed by atoms with Gasteiger partial charge in [-0.15, -0.1) is 10.2 Å². The van der Waals surface area contributed by atoms with E-state index in [1.807, 2.05) is 12.1 Å². The lowest BCUT2D eigenvalue weighted by Gasteiger charge is -2.24. The van der Waals surface area contributed by atoms with Crippen molar-refractivity contribution < 1.29 is 0 Å². The highest BCUT2D eigenvalue weighted by atomic mass is 32.1. The monoisotopic (exact) mass is 310 g/mol. The molecule has 3 rings (SSSR count). The Balaban J connectivity index is 1.74. The standard InChI is InChI=1S/C17H18N4S/c18-17-20-19-16(22-17)11-12-21(15-9-5-2-6-10-15)13-14-7-3-1-4-8-14/h1-10H,11-13H2,(H2,18,20). The maximum Gasteiger partial charge on any atom is 0.203 e. The molecule has 2 aromatic carbocycles. The molecular formula is C17H18N4S. The zero-order valence-electron chi connectivity index (χ0n) is 12.2. The predicted molar refractivity (Wildman–Crippen MR) is 92.0 cm³/mol. The van der Waals surface area contributed by atoms with E-state index in [0.29, 0.717) is 5.13 Å². The molecule has 3 aromatic rings. The molecule has 0 aliphatic heterocycles. The second-order valence-electron chi connectivity index (χ2n) is 5.03. The number of nitrogen functional groups attached to an aromatic ring is 1. The van der Waals surface area contributed by atoms with Crippen molar-refractivity contribution in [2.75, 3.05) is 17.2 Å². The molecule has 0 saturated heterocycles. The molecule has 1 aromatic heterocycles. The van der Waals surface area contributed by atoms with Crippen LogP contribution in [0.4, 0.5) is 10.8 Å². The molecule has 22 heavy (non-hydrogen) atoms. The lowest BCUT2D eigenvalue weighted by atomic mass is 10.2. The molecular weight excluding hydrogens is 292 g/mol. The van der Waals surface area contributed by atoms with Crippen molar-refractivity contribution in [2.24, 2.45) is 0 Å². The first kappa shape index (κ1) is 14.5. The van der Waals surface area contributed by atoms with Crippen LogP contribution in [0.1, 0.15) is 10.6 Å². The Morgan fingerprint density at radius 2 is 1.59 bits per heavy atom. The van der Waals surface area contributed by atoms with E-state index >= 15 is 0 Å². The number of hydrogen-bond acceptors (Lipinski definition) is 5. The third-order valence-electron chi connectivity index (χ3n) is 3.42. The summed E-state index contributed by atoms with van der Waals surface area (Å²) >= 11 is 1.46. The minimum absolute atomic E-state index is 0.532. The Bertz CT molecular complexity index is 697. The predicted octanol–water partition coefficient (Wildman–Crippen LogP) is 3.37. The van der Waals surface area contributed by atoms with Gasteiger partial charge >= 0.3 is 0 Å². The summed E-state index contributed by atoms with van der Waals surface area (Å²) in [5.74, 6) is 0. The van der Waals surface area contributed by atoms with Crippen LogP contribution in [0, 0.1) is 0 Å². The summed E-state index contributed by atoms with van der Waals surface area (Å²) < 4.78 is 0. The Labute approximate surface area is 134 Å². The SMILES string of the molecule is Nc1nnc(CCN(Cc2ccccc2)c2ccccc2)s1. The molecule has 0 atom stereocenters. The average Bonchev–Trinajstić information content (AvgIpc) is 2.99. The van der Waals surface area contributed by atoms with Crippen LogP contribution in [-0.2, 0) is 13.0 Å². The van der Waals surface area contributed by atoms with Gasteiger partial charge in [-0.05, 0) is 17.7 Å². The molecule has 0 aliphatic rings. The molecule has 2 N–H and O–H groups in total. The van der Waals surface area contributed by atoms with Crippen molar-refractivity contribution in [1.82, 2.24) is 10.2 Å². The summed E-state index contributed by atoms with van der Waals surface area (Å²) in [5, 5.41) is 9.49. The fourth-order valence-corrected chi connectivity index (χ4v) is 2.94. The zero-order chi connectivity index (χ0) is 15.2. The van der Waals surface area contributed by atoms with Crippen LogP contribution in [0.5, 0.6) is 0 Å². The fraction of sp³-hybridized carbons (Fsp3) is 0.176. The van der Waals surface area contributed by atoms with E-state index in [1.165, 1.54) is 22.6 Å². The van der Waals surface area contributed by atoms with Gasteiger partial charge in [0.25, 0.3) is 0 Å². The zero-order valence-corrected chi connectivity index (χ0v) is 13.0.